The first-order chi connectivity index (χ1) is 12.5. The quantitative estimate of drug-likeness (QED) is 0.767. The van der Waals surface area contributed by atoms with Crippen LogP contribution in [0.4, 0.5) is 11.5 Å². The molecule has 8 heteroatoms. The summed E-state index contributed by atoms with van der Waals surface area (Å²) in [6, 6.07) is 6.98. The lowest BCUT2D eigenvalue weighted by Gasteiger charge is -2.19. The van der Waals surface area contributed by atoms with Crippen molar-refractivity contribution < 1.29 is 9.59 Å². The van der Waals surface area contributed by atoms with Crippen LogP contribution < -0.4 is 9.80 Å². The predicted molar refractivity (Wildman–Crippen MR) is 97.6 cm³/mol. The van der Waals surface area contributed by atoms with E-state index in [9.17, 15) is 9.59 Å². The molecule has 0 aromatic carbocycles. The van der Waals surface area contributed by atoms with Crippen molar-refractivity contribution in [3.05, 3.63) is 47.9 Å². The van der Waals surface area contributed by atoms with E-state index < -0.39 is 0 Å². The Hall–Kier alpha value is -3.42. The van der Waals surface area contributed by atoms with Gasteiger partial charge in [0.05, 0.1) is 11.3 Å². The summed E-state index contributed by atoms with van der Waals surface area (Å²) in [5.74, 6) is -0.0291. The minimum atomic E-state index is -0.305. The van der Waals surface area contributed by atoms with Crippen LogP contribution >= 0.6 is 0 Å². The van der Waals surface area contributed by atoms with Crippen molar-refractivity contribution in [3.8, 4) is 0 Å². The summed E-state index contributed by atoms with van der Waals surface area (Å²) in [7, 11) is 1.65. The molecule has 0 saturated carbocycles. The molecule has 0 saturated heterocycles. The number of fused-ring (bicyclic) bond motifs is 2. The molecule has 2 aromatic heterocycles. The van der Waals surface area contributed by atoms with Crippen LogP contribution in [0.15, 0.2) is 46.9 Å². The van der Waals surface area contributed by atoms with E-state index in [4.69, 9.17) is 0 Å². The van der Waals surface area contributed by atoms with Gasteiger partial charge in [-0.05, 0) is 38.1 Å². The fourth-order valence-corrected chi connectivity index (χ4v) is 3.08. The van der Waals surface area contributed by atoms with Gasteiger partial charge in [0.2, 0.25) is 0 Å². The van der Waals surface area contributed by atoms with Gasteiger partial charge in [0.1, 0.15) is 11.5 Å². The van der Waals surface area contributed by atoms with Crippen molar-refractivity contribution in [1.82, 2.24) is 9.97 Å². The third-order valence-electron chi connectivity index (χ3n) is 4.34. The Morgan fingerprint density at radius 3 is 2.42 bits per heavy atom. The van der Waals surface area contributed by atoms with Gasteiger partial charge >= 0.3 is 0 Å². The zero-order valence-corrected chi connectivity index (χ0v) is 14.5. The Kier molecular flexibility index (Phi) is 3.61. The van der Waals surface area contributed by atoms with E-state index in [0.29, 0.717) is 22.8 Å². The fourth-order valence-electron chi connectivity index (χ4n) is 3.08. The minimum absolute atomic E-state index is 0.0712. The van der Waals surface area contributed by atoms with E-state index >= 15 is 0 Å². The van der Waals surface area contributed by atoms with Gasteiger partial charge in [0.15, 0.2) is 11.4 Å². The summed E-state index contributed by atoms with van der Waals surface area (Å²) in [5, 5.41) is 8.23. The van der Waals surface area contributed by atoms with Crippen molar-refractivity contribution in [2.45, 2.75) is 19.9 Å². The number of hydrogen-bond donors (Lipinski definition) is 0. The van der Waals surface area contributed by atoms with Gasteiger partial charge in [0.25, 0.3) is 11.8 Å². The molecule has 2 aliphatic rings. The van der Waals surface area contributed by atoms with E-state index in [-0.39, 0.29) is 29.3 Å². The highest BCUT2D eigenvalue weighted by molar-refractivity contribution is 6.55. The molecule has 0 unspecified atom stereocenters. The normalized spacial score (nSPS) is 19.1. The van der Waals surface area contributed by atoms with Crippen LogP contribution in [0.2, 0.25) is 0 Å². The Bertz CT molecular complexity index is 995. The molecule has 0 spiro atoms. The molecule has 8 nitrogen and oxygen atoms in total. The van der Waals surface area contributed by atoms with Gasteiger partial charge in [-0.25, -0.2) is 4.98 Å². The molecule has 0 bridgehead atoms. The Morgan fingerprint density at radius 2 is 1.65 bits per heavy atom. The molecule has 2 aliphatic heterocycles. The maximum absolute atomic E-state index is 12.8. The third-order valence-corrected chi connectivity index (χ3v) is 4.34. The van der Waals surface area contributed by atoms with Gasteiger partial charge in [0, 0.05) is 25.5 Å². The summed E-state index contributed by atoms with van der Waals surface area (Å²) in [4.78, 5) is 36.8. The maximum atomic E-state index is 12.8. The van der Waals surface area contributed by atoms with Crippen LogP contribution in [0.25, 0.3) is 0 Å². The zero-order valence-electron chi connectivity index (χ0n) is 14.5. The molecule has 2 amide bonds. The van der Waals surface area contributed by atoms with Crippen LogP contribution in [0, 0.1) is 0 Å². The fraction of sp³-hybridized carbons (Fsp3) is 0.222. The van der Waals surface area contributed by atoms with Gasteiger partial charge in [-0.2, -0.15) is 0 Å². The van der Waals surface area contributed by atoms with Crippen LogP contribution in [0.5, 0.6) is 0 Å². The summed E-state index contributed by atoms with van der Waals surface area (Å²) < 4.78 is 0. The minimum Gasteiger partial charge on any atom is -0.308 e. The molecule has 0 aliphatic carbocycles. The Morgan fingerprint density at radius 1 is 0.962 bits per heavy atom. The van der Waals surface area contributed by atoms with E-state index in [1.807, 2.05) is 13.8 Å². The van der Waals surface area contributed by atoms with E-state index in [1.165, 1.54) is 4.90 Å². The lowest BCUT2D eigenvalue weighted by molar-refractivity contribution is -0.113. The van der Waals surface area contributed by atoms with E-state index in [2.05, 4.69) is 20.2 Å². The molecule has 130 valence electrons. The highest BCUT2D eigenvalue weighted by Crippen LogP contribution is 2.29. The van der Waals surface area contributed by atoms with E-state index in [1.54, 1.807) is 48.6 Å². The SMILES string of the molecule is CC(C)N1C(=O)/C(=N/N=C2\C(=O)N(C)c3cccnc32)c2cccnc21. The molecule has 2 aromatic rings. The van der Waals surface area contributed by atoms with Crippen molar-refractivity contribution >= 4 is 34.7 Å². The highest BCUT2D eigenvalue weighted by atomic mass is 16.2. The van der Waals surface area contributed by atoms with Crippen LogP contribution in [-0.4, -0.2) is 46.3 Å². The van der Waals surface area contributed by atoms with Gasteiger partial charge < -0.3 is 4.90 Å². The largest absolute Gasteiger partial charge is 0.308 e. The molecule has 0 N–H and O–H groups in total. The molecular weight excluding hydrogens is 332 g/mol. The van der Waals surface area contributed by atoms with Crippen LogP contribution in [-0.2, 0) is 9.59 Å². The number of rotatable bonds is 2. The number of carbonyl (C=O) groups excluding carboxylic acids is 2. The number of pyridine rings is 2. The first-order valence-electron chi connectivity index (χ1n) is 8.18. The first kappa shape index (κ1) is 16.1. The van der Waals surface area contributed by atoms with Crippen molar-refractivity contribution in [2.75, 3.05) is 16.8 Å². The van der Waals surface area contributed by atoms with Crippen LogP contribution in [0.1, 0.15) is 25.1 Å². The number of hydrogen-bond acceptors (Lipinski definition) is 6. The number of likely N-dealkylation sites (N-methyl/N-ethyl adjacent to an activating group) is 1. The lowest BCUT2D eigenvalue weighted by Crippen LogP contribution is -2.36. The Labute approximate surface area is 149 Å². The van der Waals surface area contributed by atoms with E-state index in [0.717, 1.165) is 0 Å². The van der Waals surface area contributed by atoms with Crippen molar-refractivity contribution in [2.24, 2.45) is 10.2 Å². The van der Waals surface area contributed by atoms with Gasteiger partial charge in [-0.15, -0.1) is 10.2 Å². The molecule has 26 heavy (non-hydrogen) atoms. The predicted octanol–water partition coefficient (Wildman–Crippen LogP) is 1.40. The standard InChI is InChI=1S/C18H16N6O2/c1-10(2)24-16-11(6-4-9-20-16)13(18(24)26)21-22-15-14-12(7-5-8-19-14)23(3)17(15)25/h4-10H,1-3H3/b21-13+,22-15-. The molecule has 4 heterocycles. The molecule has 0 radical (unpaired) electrons. The smallest absolute Gasteiger partial charge is 0.280 e. The molecule has 0 fully saturated rings. The van der Waals surface area contributed by atoms with Gasteiger partial charge in [-0.3, -0.25) is 19.5 Å². The summed E-state index contributed by atoms with van der Waals surface area (Å²) in [6.07, 6.45) is 3.22. The molecule has 0 atom stereocenters. The number of anilines is 2. The summed E-state index contributed by atoms with van der Waals surface area (Å²) in [5.41, 5.74) is 2.03. The van der Waals surface area contributed by atoms with Gasteiger partial charge in [-0.1, -0.05) is 0 Å². The second kappa shape index (κ2) is 5.83. The van der Waals surface area contributed by atoms with Crippen molar-refractivity contribution in [3.63, 3.8) is 0 Å². The number of amides is 2. The third kappa shape index (κ3) is 2.22. The molecular formula is C18H16N6O2. The first-order valence-corrected chi connectivity index (χ1v) is 8.18. The lowest BCUT2D eigenvalue weighted by atomic mass is 10.2. The maximum Gasteiger partial charge on any atom is 0.280 e. The number of aromatic nitrogens is 2. The topological polar surface area (TPSA) is 91.1 Å². The average Bonchev–Trinajstić information content (AvgIpc) is 3.05. The highest BCUT2D eigenvalue weighted by Gasteiger charge is 2.37. The molecule has 4 rings (SSSR count). The van der Waals surface area contributed by atoms with Crippen LogP contribution in [0.3, 0.4) is 0 Å². The second-order valence-electron chi connectivity index (χ2n) is 6.28. The average molecular weight is 348 g/mol. The zero-order chi connectivity index (χ0) is 18.4. The number of carbonyl (C=O) groups is 2. The second-order valence-corrected chi connectivity index (χ2v) is 6.28. The summed E-state index contributed by atoms with van der Waals surface area (Å²) >= 11 is 0. The summed E-state index contributed by atoms with van der Waals surface area (Å²) in [6.45, 7) is 3.81. The Balaban J connectivity index is 1.82. The van der Waals surface area contributed by atoms with Crippen molar-refractivity contribution in [1.29, 1.82) is 0 Å². The monoisotopic (exact) mass is 348 g/mol. The number of nitrogens with zero attached hydrogens (tertiary/aromatic N) is 6.